The minimum absolute atomic E-state index is 0.0999. The zero-order chi connectivity index (χ0) is 19.8. The van der Waals surface area contributed by atoms with Crippen molar-refractivity contribution in [2.45, 2.75) is 29.7 Å². The molecule has 0 saturated carbocycles. The first-order valence-corrected chi connectivity index (χ1v) is 11.6. The summed E-state index contributed by atoms with van der Waals surface area (Å²) in [6.07, 6.45) is 0. The van der Waals surface area contributed by atoms with Crippen LogP contribution in [-0.2, 0) is 26.2 Å². The van der Waals surface area contributed by atoms with Crippen LogP contribution in [0.2, 0.25) is 0 Å². The summed E-state index contributed by atoms with van der Waals surface area (Å²) >= 11 is 0. The smallest absolute Gasteiger partial charge is 0.183 e. The lowest BCUT2D eigenvalue weighted by Gasteiger charge is -2.20. The lowest BCUT2D eigenvalue weighted by atomic mass is 10.2. The van der Waals surface area contributed by atoms with E-state index >= 15 is 0 Å². The Kier molecular flexibility index (Phi) is 5.38. The van der Waals surface area contributed by atoms with Gasteiger partial charge in [-0.05, 0) is 48.4 Å². The summed E-state index contributed by atoms with van der Waals surface area (Å²) in [6.45, 7) is 1.65. The van der Waals surface area contributed by atoms with E-state index in [0.717, 1.165) is 12.1 Å². The van der Waals surface area contributed by atoms with E-state index < -0.39 is 48.4 Å². The van der Waals surface area contributed by atoms with Gasteiger partial charge in [-0.15, -0.1) is 0 Å². The molecule has 1 heterocycles. The van der Waals surface area contributed by atoms with Gasteiger partial charge in [-0.25, -0.2) is 25.6 Å². The van der Waals surface area contributed by atoms with E-state index in [2.05, 4.69) is 5.32 Å². The van der Waals surface area contributed by atoms with Gasteiger partial charge in [0.05, 0.1) is 21.7 Å². The molecule has 1 aliphatic heterocycles. The molecule has 146 valence electrons. The van der Waals surface area contributed by atoms with Crippen LogP contribution in [0.3, 0.4) is 0 Å². The number of halogens is 2. The van der Waals surface area contributed by atoms with Gasteiger partial charge in [0, 0.05) is 12.6 Å². The van der Waals surface area contributed by atoms with Crippen LogP contribution in [0.15, 0.2) is 47.4 Å². The minimum atomic E-state index is -3.98. The number of hydrogen-bond donors (Lipinski definition) is 1. The average Bonchev–Trinajstić information content (AvgIpc) is 2.92. The van der Waals surface area contributed by atoms with E-state index in [1.54, 1.807) is 12.1 Å². The van der Waals surface area contributed by atoms with Crippen molar-refractivity contribution in [2.24, 2.45) is 0 Å². The molecule has 5 nitrogen and oxygen atoms in total. The van der Waals surface area contributed by atoms with Crippen LogP contribution in [0, 0.1) is 18.6 Å². The van der Waals surface area contributed by atoms with E-state index in [-0.39, 0.29) is 22.8 Å². The summed E-state index contributed by atoms with van der Waals surface area (Å²) in [7, 11) is -7.52. The second-order valence-electron chi connectivity index (χ2n) is 6.69. The van der Waals surface area contributed by atoms with Crippen LogP contribution in [-0.4, -0.2) is 39.6 Å². The summed E-state index contributed by atoms with van der Waals surface area (Å²) in [5.41, 5.74) is 0.877. The number of benzene rings is 2. The molecule has 1 fully saturated rings. The molecular formula is C18H19F2NO4S2. The molecule has 1 aliphatic rings. The van der Waals surface area contributed by atoms with Crippen molar-refractivity contribution in [1.29, 1.82) is 0 Å². The summed E-state index contributed by atoms with van der Waals surface area (Å²) in [6, 6.07) is 8.25. The van der Waals surface area contributed by atoms with E-state index in [4.69, 9.17) is 0 Å². The first kappa shape index (κ1) is 19.9. The Balaban J connectivity index is 1.86. The van der Waals surface area contributed by atoms with Gasteiger partial charge in [0.25, 0.3) is 0 Å². The number of nitrogens with one attached hydrogen (secondary N) is 1. The third-order valence-corrected chi connectivity index (χ3v) is 8.79. The van der Waals surface area contributed by atoms with Gasteiger partial charge in [-0.3, -0.25) is 0 Å². The second-order valence-corrected chi connectivity index (χ2v) is 11.0. The van der Waals surface area contributed by atoms with E-state index in [9.17, 15) is 25.6 Å². The second kappa shape index (κ2) is 7.29. The fraction of sp³-hybridized carbons (Fsp3) is 0.333. The Labute approximate surface area is 157 Å². The predicted molar refractivity (Wildman–Crippen MR) is 97.8 cm³/mol. The Morgan fingerprint density at radius 1 is 1.07 bits per heavy atom. The number of hydrogen-bond acceptors (Lipinski definition) is 5. The van der Waals surface area contributed by atoms with Crippen LogP contribution in [0.1, 0.15) is 11.1 Å². The lowest BCUT2D eigenvalue weighted by Crippen LogP contribution is -2.43. The molecule has 0 spiro atoms. The molecule has 2 aromatic rings. The highest BCUT2D eigenvalue weighted by molar-refractivity contribution is 7.96. The van der Waals surface area contributed by atoms with Crippen molar-refractivity contribution in [3.63, 3.8) is 0 Å². The van der Waals surface area contributed by atoms with Gasteiger partial charge < -0.3 is 5.32 Å². The van der Waals surface area contributed by atoms with Crippen molar-refractivity contribution in [1.82, 2.24) is 5.32 Å². The molecule has 0 aliphatic carbocycles. The molecular weight excluding hydrogens is 396 g/mol. The van der Waals surface area contributed by atoms with Gasteiger partial charge in [0.15, 0.2) is 19.7 Å². The molecule has 2 unspecified atom stereocenters. The topological polar surface area (TPSA) is 80.3 Å². The summed E-state index contributed by atoms with van der Waals surface area (Å²) < 4.78 is 76.6. The quantitative estimate of drug-likeness (QED) is 0.756. The van der Waals surface area contributed by atoms with E-state index in [1.165, 1.54) is 25.1 Å². The fourth-order valence-electron chi connectivity index (χ4n) is 3.13. The molecule has 1 saturated heterocycles. The predicted octanol–water partition coefficient (Wildman–Crippen LogP) is 2.00. The molecule has 0 aromatic heterocycles. The third-order valence-electron chi connectivity index (χ3n) is 4.64. The van der Waals surface area contributed by atoms with Crippen LogP contribution in [0.4, 0.5) is 8.78 Å². The lowest BCUT2D eigenvalue weighted by molar-refractivity contribution is 0.525. The Morgan fingerprint density at radius 3 is 2.37 bits per heavy atom. The average molecular weight is 415 g/mol. The van der Waals surface area contributed by atoms with Gasteiger partial charge in [-0.2, -0.15) is 0 Å². The largest absolute Gasteiger partial charge is 0.308 e. The Bertz CT molecular complexity index is 1050. The van der Waals surface area contributed by atoms with Gasteiger partial charge in [0.1, 0.15) is 11.6 Å². The minimum Gasteiger partial charge on any atom is -0.308 e. The first-order chi connectivity index (χ1) is 12.6. The van der Waals surface area contributed by atoms with Gasteiger partial charge in [0.2, 0.25) is 0 Å². The molecule has 2 aromatic carbocycles. The molecule has 2 atom stereocenters. The van der Waals surface area contributed by atoms with Crippen molar-refractivity contribution in [3.8, 4) is 0 Å². The number of sulfone groups is 2. The van der Waals surface area contributed by atoms with Crippen molar-refractivity contribution >= 4 is 19.7 Å². The summed E-state index contributed by atoms with van der Waals surface area (Å²) in [5, 5.41) is 1.80. The highest BCUT2D eigenvalue weighted by atomic mass is 32.2. The highest BCUT2D eigenvalue weighted by Gasteiger charge is 2.45. The summed E-state index contributed by atoms with van der Waals surface area (Å²) in [4.78, 5) is -0.0999. The molecule has 3 rings (SSSR count). The standard InChI is InChI=1S/C18H19F2NO4S2/c1-12-8-15(6-7-16(12)20)27(24,25)18-11-26(22,23)10-17(18)21-9-13-2-4-14(19)5-3-13/h2-8,17-18,21H,9-11H2,1H3. The van der Waals surface area contributed by atoms with Gasteiger partial charge in [-0.1, -0.05) is 12.1 Å². The zero-order valence-corrected chi connectivity index (χ0v) is 16.2. The van der Waals surface area contributed by atoms with Crippen LogP contribution >= 0.6 is 0 Å². The summed E-state index contributed by atoms with van der Waals surface area (Å²) in [5.74, 6) is -1.72. The molecule has 0 bridgehead atoms. The fourth-order valence-corrected chi connectivity index (χ4v) is 7.93. The molecule has 1 N–H and O–H groups in total. The monoisotopic (exact) mass is 415 g/mol. The van der Waals surface area contributed by atoms with Gasteiger partial charge >= 0.3 is 0 Å². The normalized spacial score (nSPS) is 22.0. The first-order valence-electron chi connectivity index (χ1n) is 8.27. The zero-order valence-electron chi connectivity index (χ0n) is 14.5. The third kappa shape index (κ3) is 4.36. The van der Waals surface area contributed by atoms with Crippen molar-refractivity contribution < 1.29 is 25.6 Å². The number of rotatable bonds is 5. The molecule has 0 amide bonds. The Morgan fingerprint density at radius 2 is 1.74 bits per heavy atom. The maximum Gasteiger partial charge on any atom is 0.183 e. The maximum absolute atomic E-state index is 13.5. The van der Waals surface area contributed by atoms with Crippen LogP contribution < -0.4 is 5.32 Å². The number of aryl methyl sites for hydroxylation is 1. The molecule has 27 heavy (non-hydrogen) atoms. The SMILES string of the molecule is Cc1cc(S(=O)(=O)C2CS(=O)(=O)CC2NCc2ccc(F)cc2)ccc1F. The van der Waals surface area contributed by atoms with Crippen molar-refractivity contribution in [2.75, 3.05) is 11.5 Å². The van der Waals surface area contributed by atoms with E-state index in [0.29, 0.717) is 5.56 Å². The van der Waals surface area contributed by atoms with E-state index in [1.807, 2.05) is 0 Å². The molecule has 9 heteroatoms. The van der Waals surface area contributed by atoms with Crippen LogP contribution in [0.25, 0.3) is 0 Å². The van der Waals surface area contributed by atoms with Crippen LogP contribution in [0.5, 0.6) is 0 Å². The van der Waals surface area contributed by atoms with Crippen molar-refractivity contribution in [3.05, 3.63) is 65.2 Å². The Hall–Kier alpha value is -1.84. The highest BCUT2D eigenvalue weighted by Crippen LogP contribution is 2.27. The maximum atomic E-state index is 13.5. The molecule has 0 radical (unpaired) electrons.